The summed E-state index contributed by atoms with van der Waals surface area (Å²) in [4.78, 5) is 23.0. The van der Waals surface area contributed by atoms with Gasteiger partial charge in [0, 0.05) is 5.69 Å². The van der Waals surface area contributed by atoms with Crippen LogP contribution in [0.5, 0.6) is 5.75 Å². The molecule has 25 heavy (non-hydrogen) atoms. The fourth-order valence-electron chi connectivity index (χ4n) is 2.68. The molecule has 0 bridgehead atoms. The van der Waals surface area contributed by atoms with Crippen LogP contribution in [0.3, 0.4) is 0 Å². The number of rotatable bonds is 7. The summed E-state index contributed by atoms with van der Waals surface area (Å²) in [5, 5.41) is 11.4. The first-order valence-corrected chi connectivity index (χ1v) is 7.98. The lowest BCUT2D eigenvalue weighted by Crippen LogP contribution is -2.26. The Labute approximate surface area is 144 Å². The largest absolute Gasteiger partial charge is 0.482 e. The van der Waals surface area contributed by atoms with Crippen molar-refractivity contribution in [3.05, 3.63) is 59.9 Å². The van der Waals surface area contributed by atoms with Crippen molar-refractivity contribution in [3.8, 4) is 5.75 Å². The second-order valence-corrected chi connectivity index (χ2v) is 6.21. The number of carbonyl (C=O) groups is 2. The molecule has 1 amide bonds. The van der Waals surface area contributed by atoms with Gasteiger partial charge in [-0.3, -0.25) is 4.79 Å². The van der Waals surface area contributed by atoms with Crippen molar-refractivity contribution in [2.24, 2.45) is 5.41 Å². The van der Waals surface area contributed by atoms with Crippen molar-refractivity contribution < 1.29 is 23.8 Å². The van der Waals surface area contributed by atoms with Gasteiger partial charge in [0.05, 0.1) is 5.41 Å². The van der Waals surface area contributed by atoms with Crippen molar-refractivity contribution in [2.45, 2.75) is 19.3 Å². The lowest BCUT2D eigenvalue weighted by atomic mass is 9.95. The minimum absolute atomic E-state index is 0.130. The molecule has 2 aromatic carbocycles. The van der Waals surface area contributed by atoms with Crippen LogP contribution in [0.2, 0.25) is 0 Å². The molecule has 0 unspecified atom stereocenters. The molecule has 1 aliphatic carbocycles. The van der Waals surface area contributed by atoms with E-state index in [1.807, 2.05) is 0 Å². The molecule has 0 aliphatic heterocycles. The van der Waals surface area contributed by atoms with Crippen LogP contribution in [0.25, 0.3) is 0 Å². The summed E-state index contributed by atoms with van der Waals surface area (Å²) in [6.45, 7) is -0.419. The van der Waals surface area contributed by atoms with Gasteiger partial charge in [0.1, 0.15) is 11.6 Å². The highest BCUT2D eigenvalue weighted by Gasteiger charge is 2.49. The van der Waals surface area contributed by atoms with Crippen LogP contribution in [0.1, 0.15) is 18.4 Å². The standard InChI is InChI=1S/C19H18FNO4/c20-16-4-2-1-3-13(16)11-19(9-10-19)18(24)21-14-5-7-15(8-6-14)25-12-17(22)23/h1-8H,9-12H2,(H,21,24)(H,22,23). The molecule has 1 aliphatic rings. The van der Waals surface area contributed by atoms with Gasteiger partial charge in [-0.05, 0) is 55.2 Å². The molecule has 0 radical (unpaired) electrons. The molecule has 3 rings (SSSR count). The summed E-state index contributed by atoms with van der Waals surface area (Å²) >= 11 is 0. The molecule has 1 saturated carbocycles. The Hall–Kier alpha value is -2.89. The quantitative estimate of drug-likeness (QED) is 0.809. The molecule has 0 atom stereocenters. The zero-order chi connectivity index (χ0) is 17.9. The molecule has 0 heterocycles. The number of halogens is 1. The average molecular weight is 343 g/mol. The van der Waals surface area contributed by atoms with Gasteiger partial charge in [-0.2, -0.15) is 0 Å². The predicted molar refractivity (Wildman–Crippen MR) is 90.0 cm³/mol. The van der Waals surface area contributed by atoms with Crippen LogP contribution in [0.4, 0.5) is 10.1 Å². The number of carbonyl (C=O) groups excluding carboxylic acids is 1. The Morgan fingerprint density at radius 2 is 1.80 bits per heavy atom. The van der Waals surface area contributed by atoms with Gasteiger partial charge < -0.3 is 15.2 Å². The molecular formula is C19H18FNO4. The van der Waals surface area contributed by atoms with E-state index >= 15 is 0 Å². The van der Waals surface area contributed by atoms with Gasteiger partial charge in [0.2, 0.25) is 5.91 Å². The first-order valence-electron chi connectivity index (χ1n) is 7.98. The van der Waals surface area contributed by atoms with E-state index in [9.17, 15) is 14.0 Å². The highest BCUT2D eigenvalue weighted by atomic mass is 19.1. The fraction of sp³-hybridized carbons (Fsp3) is 0.263. The Kier molecular flexibility index (Phi) is 4.70. The van der Waals surface area contributed by atoms with Crippen LogP contribution in [0, 0.1) is 11.2 Å². The number of ether oxygens (including phenoxy) is 1. The summed E-state index contributed by atoms with van der Waals surface area (Å²) in [7, 11) is 0. The van der Waals surface area contributed by atoms with Crippen LogP contribution >= 0.6 is 0 Å². The van der Waals surface area contributed by atoms with Crippen LogP contribution in [-0.2, 0) is 16.0 Å². The van der Waals surface area contributed by atoms with E-state index < -0.39 is 18.0 Å². The second kappa shape index (κ2) is 6.93. The number of nitrogens with one attached hydrogen (secondary N) is 1. The molecule has 2 N–H and O–H groups in total. The monoisotopic (exact) mass is 343 g/mol. The Balaban J connectivity index is 1.62. The highest BCUT2D eigenvalue weighted by molar-refractivity contribution is 5.97. The molecule has 0 saturated heterocycles. The van der Waals surface area contributed by atoms with E-state index in [0.717, 1.165) is 12.8 Å². The number of amides is 1. The number of anilines is 1. The van der Waals surface area contributed by atoms with Gasteiger partial charge in [-0.25, -0.2) is 9.18 Å². The second-order valence-electron chi connectivity index (χ2n) is 6.21. The first kappa shape index (κ1) is 17.0. The zero-order valence-electron chi connectivity index (χ0n) is 13.5. The Morgan fingerprint density at radius 3 is 2.40 bits per heavy atom. The molecule has 0 spiro atoms. The molecule has 2 aromatic rings. The molecule has 5 nitrogen and oxygen atoms in total. The summed E-state index contributed by atoms with van der Waals surface area (Å²) in [5.41, 5.74) is 0.584. The predicted octanol–water partition coefficient (Wildman–Crippen LogP) is 3.25. The third-order valence-electron chi connectivity index (χ3n) is 4.30. The Bertz CT molecular complexity index is 784. The minimum atomic E-state index is -1.05. The van der Waals surface area contributed by atoms with Gasteiger partial charge in [0.25, 0.3) is 0 Å². The topological polar surface area (TPSA) is 75.6 Å². The maximum atomic E-state index is 13.8. The maximum Gasteiger partial charge on any atom is 0.341 e. The maximum absolute atomic E-state index is 13.8. The van der Waals surface area contributed by atoms with Crippen LogP contribution in [0.15, 0.2) is 48.5 Å². The van der Waals surface area contributed by atoms with Crippen LogP contribution < -0.4 is 10.1 Å². The van der Waals surface area contributed by atoms with Gasteiger partial charge in [0.15, 0.2) is 6.61 Å². The van der Waals surface area contributed by atoms with Crippen molar-refractivity contribution >= 4 is 17.6 Å². The molecular weight excluding hydrogens is 325 g/mol. The Morgan fingerprint density at radius 1 is 1.12 bits per heavy atom. The normalized spacial score (nSPS) is 14.6. The third kappa shape index (κ3) is 4.15. The van der Waals surface area contributed by atoms with Crippen molar-refractivity contribution in [1.82, 2.24) is 0 Å². The number of aliphatic carboxylic acids is 1. The van der Waals surface area contributed by atoms with Crippen molar-refractivity contribution in [1.29, 1.82) is 0 Å². The van der Waals surface area contributed by atoms with Crippen molar-refractivity contribution in [2.75, 3.05) is 11.9 Å². The van der Waals surface area contributed by atoms with E-state index in [0.29, 0.717) is 23.4 Å². The number of hydrogen-bond acceptors (Lipinski definition) is 3. The molecule has 130 valence electrons. The third-order valence-corrected chi connectivity index (χ3v) is 4.30. The summed E-state index contributed by atoms with van der Waals surface area (Å²) in [5.74, 6) is -1.06. The SMILES string of the molecule is O=C(O)COc1ccc(NC(=O)C2(Cc3ccccc3F)CC2)cc1. The number of carboxylic acids is 1. The fourth-order valence-corrected chi connectivity index (χ4v) is 2.68. The smallest absolute Gasteiger partial charge is 0.341 e. The van der Waals surface area contributed by atoms with Gasteiger partial charge in [-0.1, -0.05) is 18.2 Å². The number of carboxylic acid groups (broad SMARTS) is 1. The van der Waals surface area contributed by atoms with Crippen molar-refractivity contribution in [3.63, 3.8) is 0 Å². The number of benzene rings is 2. The summed E-state index contributed by atoms with van der Waals surface area (Å²) in [6, 6.07) is 13.0. The van der Waals surface area contributed by atoms with E-state index in [4.69, 9.17) is 9.84 Å². The lowest BCUT2D eigenvalue weighted by molar-refractivity contribution is -0.139. The molecule has 6 heteroatoms. The van der Waals surface area contributed by atoms with E-state index in [1.54, 1.807) is 42.5 Å². The van der Waals surface area contributed by atoms with Gasteiger partial charge in [-0.15, -0.1) is 0 Å². The number of hydrogen-bond donors (Lipinski definition) is 2. The summed E-state index contributed by atoms with van der Waals surface area (Å²) < 4.78 is 18.9. The zero-order valence-corrected chi connectivity index (χ0v) is 13.5. The van der Waals surface area contributed by atoms with Crippen LogP contribution in [-0.4, -0.2) is 23.6 Å². The first-order chi connectivity index (χ1) is 12.0. The highest BCUT2D eigenvalue weighted by Crippen LogP contribution is 2.49. The van der Waals surface area contributed by atoms with E-state index in [1.165, 1.54) is 6.07 Å². The average Bonchev–Trinajstić information content (AvgIpc) is 3.37. The molecule has 1 fully saturated rings. The lowest BCUT2D eigenvalue weighted by Gasteiger charge is -2.16. The summed E-state index contributed by atoms with van der Waals surface area (Å²) in [6.07, 6.45) is 1.84. The minimum Gasteiger partial charge on any atom is -0.482 e. The molecule has 0 aromatic heterocycles. The van der Waals surface area contributed by atoms with Gasteiger partial charge >= 0.3 is 5.97 Å². The van der Waals surface area contributed by atoms with E-state index in [2.05, 4.69) is 5.32 Å². The van der Waals surface area contributed by atoms with E-state index in [-0.39, 0.29) is 11.7 Å².